The molecule has 3 aliphatic heterocycles. The van der Waals surface area contributed by atoms with Gasteiger partial charge in [-0.1, -0.05) is 398 Å². The van der Waals surface area contributed by atoms with Gasteiger partial charge in [-0.3, -0.25) is 4.79 Å². The largest absolute Gasteiger partial charge is 0.394 e. The lowest BCUT2D eigenvalue weighted by Crippen LogP contribution is -2.66. The van der Waals surface area contributed by atoms with Crippen LogP contribution in [0.3, 0.4) is 0 Å². The van der Waals surface area contributed by atoms with E-state index in [1.165, 1.54) is 340 Å². The Morgan fingerprint density at radius 2 is 0.595 bits per heavy atom. The summed E-state index contributed by atoms with van der Waals surface area (Å²) in [7, 11) is 0. The minimum absolute atomic E-state index is 0.232. The molecule has 3 fully saturated rings. The SMILES string of the molecule is CCCCCCC/C=C\C/C=C\CCCCCCCCCCCCCCCCCCCCCCCCCCCCCCCC(=O)NC(COC1OC(CO)C(OC2OC(CO)C(OC3OC(CO)C(O)C(O)C3O)C(O)C2O)C(O)C1O)C(O)CCCCCCCCCCCCCCCCCCCCCCCCCCC. The topological polar surface area (TPSA) is 307 Å². The number of rotatable bonds is 78. The molecule has 0 aliphatic carbocycles. The molecule has 1 amide bonds. The van der Waals surface area contributed by atoms with Gasteiger partial charge < -0.3 is 89.9 Å². The molecule has 0 bridgehead atoms. The third-order valence-corrected chi connectivity index (χ3v) is 23.8. The lowest BCUT2D eigenvalue weighted by Gasteiger charge is -2.48. The molecule has 17 atom stereocenters. The van der Waals surface area contributed by atoms with Crippen LogP contribution in [-0.2, 0) is 33.2 Å². The summed E-state index contributed by atoms with van der Waals surface area (Å²) < 4.78 is 34.6. The number of carbonyl (C=O) groups excluding carboxylic acids is 1. The van der Waals surface area contributed by atoms with Crippen LogP contribution in [-0.4, -0.2) is 193 Å². The number of nitrogens with one attached hydrogen (secondary N) is 1. The van der Waals surface area contributed by atoms with Gasteiger partial charge in [0.2, 0.25) is 5.91 Å². The predicted octanol–water partition coefficient (Wildman–Crippen LogP) is 18.4. The minimum atomic E-state index is -1.97. The van der Waals surface area contributed by atoms with Gasteiger partial charge in [0.05, 0.1) is 38.6 Å². The van der Waals surface area contributed by atoms with Crippen molar-refractivity contribution in [2.24, 2.45) is 0 Å². The second kappa shape index (κ2) is 72.3. The van der Waals surface area contributed by atoms with Crippen molar-refractivity contribution in [3.05, 3.63) is 24.3 Å². The fourth-order valence-corrected chi connectivity index (χ4v) is 16.3. The highest BCUT2D eigenvalue weighted by atomic mass is 16.8. The third-order valence-electron chi connectivity index (χ3n) is 23.8. The first-order valence-electron chi connectivity index (χ1n) is 47.1. The van der Waals surface area contributed by atoms with Gasteiger partial charge in [0, 0.05) is 6.42 Å². The van der Waals surface area contributed by atoms with Crippen molar-refractivity contribution in [3.63, 3.8) is 0 Å². The number of carbonyl (C=O) groups is 1. The Labute approximate surface area is 677 Å². The molecule has 17 unspecified atom stereocenters. The Kier molecular flexibility index (Phi) is 67.4. The van der Waals surface area contributed by atoms with Gasteiger partial charge >= 0.3 is 0 Å². The molecule has 0 radical (unpaired) electrons. The first kappa shape index (κ1) is 103. The number of ether oxygens (including phenoxy) is 6. The van der Waals surface area contributed by atoms with Gasteiger partial charge in [-0.25, -0.2) is 0 Å². The summed E-state index contributed by atoms with van der Waals surface area (Å²) in [6.07, 6.45) is 64.5. The third kappa shape index (κ3) is 50.7. The van der Waals surface area contributed by atoms with Crippen LogP contribution in [0.2, 0.25) is 0 Å². The maximum absolute atomic E-state index is 13.6. The number of aliphatic hydroxyl groups is 11. The number of hydrogen-bond donors (Lipinski definition) is 12. The molecule has 3 heterocycles. The second-order valence-corrected chi connectivity index (χ2v) is 33.8. The van der Waals surface area contributed by atoms with Crippen molar-refractivity contribution in [2.45, 2.75) is 529 Å². The van der Waals surface area contributed by atoms with E-state index in [9.17, 15) is 61.0 Å². The quantitative estimate of drug-likeness (QED) is 0.0199. The van der Waals surface area contributed by atoms with Crippen molar-refractivity contribution < 1.29 is 89.4 Å². The van der Waals surface area contributed by atoms with E-state index in [4.69, 9.17) is 28.4 Å². The highest BCUT2D eigenvalue weighted by Crippen LogP contribution is 2.34. The van der Waals surface area contributed by atoms with Gasteiger partial charge in [-0.15, -0.1) is 0 Å². The van der Waals surface area contributed by atoms with Crippen molar-refractivity contribution in [3.8, 4) is 0 Å². The van der Waals surface area contributed by atoms with Gasteiger partial charge in [0.25, 0.3) is 0 Å². The summed E-state index contributed by atoms with van der Waals surface area (Å²) in [5.74, 6) is -0.232. The van der Waals surface area contributed by atoms with E-state index in [1.807, 2.05) is 0 Å². The predicted molar refractivity (Wildman–Crippen MR) is 448 cm³/mol. The van der Waals surface area contributed by atoms with Crippen LogP contribution in [0.4, 0.5) is 0 Å². The van der Waals surface area contributed by atoms with Crippen LogP contribution in [0.1, 0.15) is 425 Å². The molecule has 0 spiro atoms. The number of amides is 1. The molecule has 0 saturated carbocycles. The normalized spacial score (nSPS) is 25.1. The fourth-order valence-electron chi connectivity index (χ4n) is 16.3. The summed E-state index contributed by atoms with van der Waals surface area (Å²) in [6, 6.07) is -0.886. The van der Waals surface area contributed by atoms with Crippen molar-refractivity contribution in [2.75, 3.05) is 26.4 Å². The summed E-state index contributed by atoms with van der Waals surface area (Å²) in [5.41, 5.74) is 0. The average Bonchev–Trinajstić information content (AvgIpc) is 0.780. The van der Waals surface area contributed by atoms with Crippen molar-refractivity contribution >= 4 is 5.91 Å². The Bertz CT molecular complexity index is 2090. The first-order valence-corrected chi connectivity index (χ1v) is 47.1. The molecule has 0 aromatic rings. The second-order valence-electron chi connectivity index (χ2n) is 33.8. The summed E-state index contributed by atoms with van der Waals surface area (Å²) in [6.45, 7) is 1.87. The molecule has 3 saturated heterocycles. The van der Waals surface area contributed by atoms with E-state index in [2.05, 4.69) is 43.5 Å². The highest BCUT2D eigenvalue weighted by Gasteiger charge is 2.54. The lowest BCUT2D eigenvalue weighted by atomic mass is 9.96. The number of aliphatic hydroxyl groups excluding tert-OH is 11. The molecular weight excluding hydrogens is 1410 g/mol. The van der Waals surface area contributed by atoms with E-state index in [1.54, 1.807) is 0 Å². The van der Waals surface area contributed by atoms with Gasteiger partial charge in [0.1, 0.15) is 73.2 Å². The van der Waals surface area contributed by atoms with Crippen molar-refractivity contribution in [1.82, 2.24) is 5.32 Å². The Hall–Kier alpha value is -1.73. The van der Waals surface area contributed by atoms with Crippen LogP contribution in [0.25, 0.3) is 0 Å². The van der Waals surface area contributed by atoms with E-state index >= 15 is 0 Å². The molecule has 19 nitrogen and oxygen atoms in total. The maximum Gasteiger partial charge on any atom is 0.220 e. The average molecular weight is 1580 g/mol. The summed E-state index contributed by atoms with van der Waals surface area (Å²) >= 11 is 0. The van der Waals surface area contributed by atoms with Gasteiger partial charge in [-0.2, -0.15) is 0 Å². The maximum atomic E-state index is 13.6. The van der Waals surface area contributed by atoms with Crippen molar-refractivity contribution in [1.29, 1.82) is 0 Å². The molecular formula is C92H175NO18. The van der Waals surface area contributed by atoms with E-state index in [0.29, 0.717) is 12.8 Å². The van der Waals surface area contributed by atoms with Crippen LogP contribution < -0.4 is 5.32 Å². The molecule has 3 aliphatic rings. The van der Waals surface area contributed by atoms with E-state index < -0.39 is 124 Å². The molecule has 12 N–H and O–H groups in total. The minimum Gasteiger partial charge on any atom is -0.394 e. The smallest absolute Gasteiger partial charge is 0.220 e. The summed E-state index contributed by atoms with van der Waals surface area (Å²) in [5, 5.41) is 121. The zero-order valence-electron chi connectivity index (χ0n) is 71.0. The molecule has 3 rings (SSSR count). The van der Waals surface area contributed by atoms with Crippen LogP contribution >= 0.6 is 0 Å². The molecule has 0 aromatic carbocycles. The monoisotopic (exact) mass is 1580 g/mol. The van der Waals surface area contributed by atoms with E-state index in [-0.39, 0.29) is 18.9 Å². The number of allylic oxidation sites excluding steroid dienone is 4. The number of unbranched alkanes of at least 4 members (excludes halogenated alkanes) is 58. The van der Waals surface area contributed by atoms with Gasteiger partial charge in [-0.05, 0) is 44.9 Å². The lowest BCUT2D eigenvalue weighted by molar-refractivity contribution is -0.379. The molecule has 656 valence electrons. The number of hydrogen-bond acceptors (Lipinski definition) is 18. The van der Waals surface area contributed by atoms with Gasteiger partial charge in [0.15, 0.2) is 18.9 Å². The molecule has 111 heavy (non-hydrogen) atoms. The fraction of sp³-hybridized carbons (Fsp3) is 0.946. The Morgan fingerprint density at radius 1 is 0.324 bits per heavy atom. The molecule has 0 aromatic heterocycles. The summed E-state index contributed by atoms with van der Waals surface area (Å²) in [4.78, 5) is 13.6. The highest BCUT2D eigenvalue weighted by molar-refractivity contribution is 5.76. The molecule has 19 heteroatoms. The van der Waals surface area contributed by atoms with E-state index in [0.717, 1.165) is 51.4 Å². The zero-order chi connectivity index (χ0) is 80.3. The van der Waals surface area contributed by atoms with Crippen LogP contribution in [0.15, 0.2) is 24.3 Å². The van der Waals surface area contributed by atoms with Crippen LogP contribution in [0, 0.1) is 0 Å². The first-order chi connectivity index (χ1) is 54.3. The Balaban J connectivity index is 1.27. The Morgan fingerprint density at radius 3 is 0.919 bits per heavy atom. The zero-order valence-corrected chi connectivity index (χ0v) is 71.0. The standard InChI is InChI=1S/C92H175NO18/c1-3-5-7-9-11-13-15-17-19-21-23-25-27-29-30-31-32-33-34-35-36-37-38-39-40-41-42-43-44-46-48-50-52-54-56-58-60-62-64-66-68-70-80(98)93-75(76(97)69-67-65-63-61-59-57-55-53-51-49-47-45-28-26-24-22-20-18-16-14-12-10-8-6-4-2)74-106-90-86(104)83(101)88(78(72-95)108-90)111-92-87(105)84(102)89(79(73-96)109-92)110-91-85(103)82(100)81(99)77(71-94)107-91/h15,17,21,23,75-79,81-92,94-97,99-105H,3-14,16,18-20,22,24-74H2,1-2H3,(H,93,98)/b17-15-,23-21-. The van der Waals surface area contributed by atoms with Crippen LogP contribution in [0.5, 0.6) is 0 Å².